The maximum absolute atomic E-state index is 4.14. The summed E-state index contributed by atoms with van der Waals surface area (Å²) in [7, 11) is 0. The lowest BCUT2D eigenvalue weighted by Crippen LogP contribution is -2.10. The van der Waals surface area contributed by atoms with Crippen LogP contribution in [-0.2, 0) is 6.54 Å². The van der Waals surface area contributed by atoms with E-state index < -0.39 is 0 Å². The molecule has 1 aromatic carbocycles. The number of hydrogen-bond acceptors (Lipinski definition) is 2. The molecule has 2 aromatic rings. The minimum absolute atomic E-state index is 0.496. The van der Waals surface area contributed by atoms with Crippen molar-refractivity contribution in [3.8, 4) is 0 Å². The van der Waals surface area contributed by atoms with Gasteiger partial charge >= 0.3 is 0 Å². The summed E-state index contributed by atoms with van der Waals surface area (Å²) in [5.74, 6) is 1.23. The van der Waals surface area contributed by atoms with Crippen LogP contribution in [0.5, 0.6) is 0 Å². The fourth-order valence-electron chi connectivity index (χ4n) is 2.32. The van der Waals surface area contributed by atoms with Crippen LogP contribution in [0.2, 0.25) is 0 Å². The van der Waals surface area contributed by atoms with Gasteiger partial charge in [0.1, 0.15) is 0 Å². The zero-order valence-electron chi connectivity index (χ0n) is 13.4. The van der Waals surface area contributed by atoms with Gasteiger partial charge in [-0.1, -0.05) is 68.7 Å². The molecule has 0 spiro atoms. The molecule has 22 heavy (non-hydrogen) atoms. The third-order valence-corrected chi connectivity index (χ3v) is 4.84. The van der Waals surface area contributed by atoms with Gasteiger partial charge in [-0.05, 0) is 17.7 Å². The highest BCUT2D eigenvalue weighted by Gasteiger charge is 2.06. The molecule has 0 amide bonds. The first-order chi connectivity index (χ1) is 10.9. The van der Waals surface area contributed by atoms with Crippen molar-refractivity contribution in [2.45, 2.75) is 44.4 Å². The molecule has 0 radical (unpaired) electrons. The molecule has 0 saturated carbocycles. The normalized spacial score (nSPS) is 12.8. The van der Waals surface area contributed by atoms with Gasteiger partial charge in [-0.3, -0.25) is 0 Å². The molecule has 1 aromatic heterocycles. The minimum atomic E-state index is 0.496. The summed E-state index contributed by atoms with van der Waals surface area (Å²) < 4.78 is 2.17. The maximum Gasteiger partial charge on any atom is 0.0946 e. The molecule has 0 aliphatic rings. The summed E-state index contributed by atoms with van der Waals surface area (Å²) in [6.07, 6.45) is 15.7. The third-order valence-electron chi connectivity index (χ3n) is 3.58. The number of thioether (sulfide) groups is 1. The average molecular weight is 314 g/mol. The van der Waals surface area contributed by atoms with E-state index >= 15 is 0 Å². The van der Waals surface area contributed by atoms with Crippen molar-refractivity contribution in [1.29, 1.82) is 0 Å². The van der Waals surface area contributed by atoms with E-state index in [-0.39, 0.29) is 0 Å². The Kier molecular flexibility index (Phi) is 7.89. The highest BCUT2D eigenvalue weighted by atomic mass is 32.2. The van der Waals surface area contributed by atoms with Crippen LogP contribution in [0.1, 0.15) is 38.2 Å². The molecule has 0 aliphatic carbocycles. The number of rotatable bonds is 10. The van der Waals surface area contributed by atoms with Crippen molar-refractivity contribution in [2.75, 3.05) is 5.75 Å². The van der Waals surface area contributed by atoms with Crippen LogP contribution in [0.3, 0.4) is 0 Å². The number of unbranched alkanes of at least 4 members (excludes halogenated alkanes) is 3. The Morgan fingerprint density at radius 3 is 2.77 bits per heavy atom. The van der Waals surface area contributed by atoms with Gasteiger partial charge in [-0.2, -0.15) is 11.8 Å². The standard InChI is InChI=1S/C19H26N2S/c1-2-3-4-8-15-22-19(16-21-14-13-20-17-21)12-11-18-9-6-5-7-10-18/h5-7,9-14,17,19H,2-4,8,15-16H2,1H3/b12-11+. The molecule has 2 nitrogen and oxygen atoms in total. The van der Waals surface area contributed by atoms with Gasteiger partial charge in [0.05, 0.1) is 6.33 Å². The Bertz CT molecular complexity index is 520. The van der Waals surface area contributed by atoms with Crippen LogP contribution in [0.25, 0.3) is 6.08 Å². The average Bonchev–Trinajstić information content (AvgIpc) is 3.06. The van der Waals surface area contributed by atoms with E-state index in [1.165, 1.54) is 37.0 Å². The lowest BCUT2D eigenvalue weighted by atomic mass is 10.2. The molecule has 3 heteroatoms. The van der Waals surface area contributed by atoms with E-state index in [4.69, 9.17) is 0 Å². The summed E-state index contributed by atoms with van der Waals surface area (Å²) in [6.45, 7) is 3.25. The summed E-state index contributed by atoms with van der Waals surface area (Å²) in [6, 6.07) is 10.5. The van der Waals surface area contributed by atoms with Crippen molar-refractivity contribution in [2.24, 2.45) is 0 Å². The van der Waals surface area contributed by atoms with E-state index in [1.807, 2.05) is 18.7 Å². The zero-order valence-corrected chi connectivity index (χ0v) is 14.2. The zero-order chi connectivity index (χ0) is 15.5. The van der Waals surface area contributed by atoms with Gasteiger partial charge in [0.15, 0.2) is 0 Å². The van der Waals surface area contributed by atoms with Crippen molar-refractivity contribution in [3.63, 3.8) is 0 Å². The molecule has 0 aliphatic heterocycles. The molecule has 0 N–H and O–H groups in total. The fraction of sp³-hybridized carbons (Fsp3) is 0.421. The summed E-state index contributed by atoms with van der Waals surface area (Å²) >= 11 is 2.05. The highest BCUT2D eigenvalue weighted by molar-refractivity contribution is 8.00. The van der Waals surface area contributed by atoms with E-state index in [2.05, 4.69) is 70.7 Å². The minimum Gasteiger partial charge on any atom is -0.336 e. The lowest BCUT2D eigenvalue weighted by Gasteiger charge is -2.13. The summed E-state index contributed by atoms with van der Waals surface area (Å²) in [4.78, 5) is 4.14. The SMILES string of the molecule is CCCCCCSC(/C=C/c1ccccc1)Cn1ccnc1. The molecule has 1 unspecified atom stereocenters. The number of aromatic nitrogens is 2. The molecule has 0 bridgehead atoms. The van der Waals surface area contributed by atoms with Crippen LogP contribution >= 0.6 is 11.8 Å². The van der Waals surface area contributed by atoms with Gasteiger partial charge in [0, 0.05) is 24.2 Å². The first-order valence-corrected chi connectivity index (χ1v) is 9.24. The van der Waals surface area contributed by atoms with Crippen molar-refractivity contribution < 1.29 is 0 Å². The molecule has 118 valence electrons. The van der Waals surface area contributed by atoms with Gasteiger partial charge in [-0.15, -0.1) is 0 Å². The summed E-state index contributed by atoms with van der Waals surface area (Å²) in [5, 5.41) is 0.496. The van der Waals surface area contributed by atoms with Crippen LogP contribution in [0.4, 0.5) is 0 Å². The van der Waals surface area contributed by atoms with Gasteiger partial charge < -0.3 is 4.57 Å². The molecular formula is C19H26N2S. The molecule has 1 heterocycles. The third kappa shape index (κ3) is 6.52. The molecule has 0 fully saturated rings. The summed E-state index contributed by atoms with van der Waals surface area (Å²) in [5.41, 5.74) is 1.27. The maximum atomic E-state index is 4.14. The fourth-order valence-corrected chi connectivity index (χ4v) is 3.46. The van der Waals surface area contributed by atoms with Crippen LogP contribution < -0.4 is 0 Å². The van der Waals surface area contributed by atoms with E-state index in [0.29, 0.717) is 5.25 Å². The van der Waals surface area contributed by atoms with E-state index in [0.717, 1.165) is 6.54 Å². The number of imidazole rings is 1. The molecule has 2 rings (SSSR count). The largest absolute Gasteiger partial charge is 0.336 e. The first-order valence-electron chi connectivity index (χ1n) is 8.19. The monoisotopic (exact) mass is 314 g/mol. The Labute approximate surface area is 138 Å². The second-order valence-electron chi connectivity index (χ2n) is 5.50. The molecule has 1 atom stereocenters. The second kappa shape index (κ2) is 10.3. The molecular weight excluding hydrogens is 288 g/mol. The predicted molar refractivity (Wildman–Crippen MR) is 98.1 cm³/mol. The first kappa shape index (κ1) is 16.9. The van der Waals surface area contributed by atoms with Gasteiger partial charge in [0.2, 0.25) is 0 Å². The van der Waals surface area contributed by atoms with Crippen molar-refractivity contribution >= 4 is 17.8 Å². The predicted octanol–water partition coefficient (Wildman–Crippen LogP) is 5.28. The number of hydrogen-bond donors (Lipinski definition) is 0. The highest BCUT2D eigenvalue weighted by Crippen LogP contribution is 2.19. The van der Waals surface area contributed by atoms with Crippen LogP contribution in [0, 0.1) is 0 Å². The second-order valence-corrected chi connectivity index (χ2v) is 6.85. The van der Waals surface area contributed by atoms with Crippen LogP contribution in [-0.4, -0.2) is 20.6 Å². The Morgan fingerprint density at radius 1 is 1.18 bits per heavy atom. The number of nitrogens with zero attached hydrogens (tertiary/aromatic N) is 2. The van der Waals surface area contributed by atoms with Gasteiger partial charge in [-0.25, -0.2) is 4.98 Å². The topological polar surface area (TPSA) is 17.8 Å². The Balaban J connectivity index is 1.87. The lowest BCUT2D eigenvalue weighted by molar-refractivity contribution is 0.700. The Morgan fingerprint density at radius 2 is 2.05 bits per heavy atom. The van der Waals surface area contributed by atoms with E-state index in [9.17, 15) is 0 Å². The molecule has 0 saturated heterocycles. The Hall–Kier alpha value is -1.48. The smallest absolute Gasteiger partial charge is 0.0946 e. The quantitative estimate of drug-likeness (QED) is 0.555. The van der Waals surface area contributed by atoms with Gasteiger partial charge in [0.25, 0.3) is 0 Å². The van der Waals surface area contributed by atoms with Crippen molar-refractivity contribution in [3.05, 3.63) is 60.7 Å². The number of benzene rings is 1. The van der Waals surface area contributed by atoms with Crippen LogP contribution in [0.15, 0.2) is 55.1 Å². The van der Waals surface area contributed by atoms with Crippen molar-refractivity contribution in [1.82, 2.24) is 9.55 Å². The van der Waals surface area contributed by atoms with E-state index in [1.54, 1.807) is 0 Å².